The maximum atomic E-state index is 14.2. The molecule has 0 aliphatic heterocycles. The summed E-state index contributed by atoms with van der Waals surface area (Å²) in [4.78, 5) is 16.9. The third-order valence-electron chi connectivity index (χ3n) is 5.37. The number of likely N-dealkylation sites (N-methyl/N-ethyl adjacent to an activating group) is 1. The molecule has 2 unspecified atom stereocenters. The molecule has 180 valence electrons. The molecular formula is C23H26ClF4N3O2. The number of hydrogen-bond acceptors (Lipinski definition) is 4. The Bertz CT molecular complexity index is 1010. The summed E-state index contributed by atoms with van der Waals surface area (Å²) in [6.45, 7) is 4.65. The maximum Gasteiger partial charge on any atom is 0.414 e. The quantitative estimate of drug-likeness (QED) is 0.559. The number of carbonyl (C=O) groups is 1. The van der Waals surface area contributed by atoms with E-state index in [9.17, 15) is 22.4 Å². The van der Waals surface area contributed by atoms with Crippen LogP contribution in [0.4, 0.5) is 23.2 Å². The van der Waals surface area contributed by atoms with Gasteiger partial charge in [-0.05, 0) is 62.9 Å². The summed E-state index contributed by atoms with van der Waals surface area (Å²) in [6, 6.07) is 3.63. The van der Waals surface area contributed by atoms with Crippen molar-refractivity contribution in [2.45, 2.75) is 57.5 Å². The van der Waals surface area contributed by atoms with E-state index in [-0.39, 0.29) is 16.8 Å². The molecule has 0 saturated carbocycles. The number of fused-ring (bicyclic) bond motifs is 1. The molecule has 0 fully saturated rings. The summed E-state index contributed by atoms with van der Waals surface area (Å²) >= 11 is 5.84. The molecule has 0 radical (unpaired) electrons. The Hall–Kier alpha value is -2.39. The van der Waals surface area contributed by atoms with Crippen molar-refractivity contribution < 1.29 is 27.1 Å². The van der Waals surface area contributed by atoms with Crippen LogP contribution < -0.4 is 5.32 Å². The van der Waals surface area contributed by atoms with E-state index in [1.54, 1.807) is 26.8 Å². The molecule has 0 bridgehead atoms. The Morgan fingerprint density at radius 2 is 1.94 bits per heavy atom. The molecule has 1 amide bonds. The zero-order valence-corrected chi connectivity index (χ0v) is 19.5. The predicted molar refractivity (Wildman–Crippen MR) is 118 cm³/mol. The van der Waals surface area contributed by atoms with Gasteiger partial charge in [0.25, 0.3) is 0 Å². The number of anilines is 1. The number of carbonyl (C=O) groups excluding carboxylic acids is 1. The third-order valence-corrected chi connectivity index (χ3v) is 5.66. The Labute approximate surface area is 195 Å². The summed E-state index contributed by atoms with van der Waals surface area (Å²) in [5, 5.41) is 3.23. The van der Waals surface area contributed by atoms with Gasteiger partial charge in [-0.3, -0.25) is 9.78 Å². The van der Waals surface area contributed by atoms with Crippen molar-refractivity contribution in [2.24, 2.45) is 0 Å². The van der Waals surface area contributed by atoms with Gasteiger partial charge in [0.15, 0.2) is 6.04 Å². The lowest BCUT2D eigenvalue weighted by molar-refractivity contribution is -0.192. The van der Waals surface area contributed by atoms with Crippen molar-refractivity contribution in [2.75, 3.05) is 19.0 Å². The zero-order chi connectivity index (χ0) is 24.6. The molecule has 1 aromatic heterocycles. The highest BCUT2D eigenvalue weighted by atomic mass is 35.5. The summed E-state index contributed by atoms with van der Waals surface area (Å²) in [5.74, 6) is -1.25. The number of hydrogen-bond donors (Lipinski definition) is 1. The number of ether oxygens (including phenoxy) is 1. The van der Waals surface area contributed by atoms with Gasteiger partial charge in [-0.15, -0.1) is 0 Å². The summed E-state index contributed by atoms with van der Waals surface area (Å²) < 4.78 is 60.9. The van der Waals surface area contributed by atoms with Gasteiger partial charge >= 0.3 is 6.18 Å². The first-order chi connectivity index (χ1) is 15.3. The van der Waals surface area contributed by atoms with Gasteiger partial charge in [-0.1, -0.05) is 17.7 Å². The Morgan fingerprint density at radius 1 is 1.24 bits per heavy atom. The van der Waals surface area contributed by atoms with Crippen LogP contribution >= 0.6 is 11.6 Å². The van der Waals surface area contributed by atoms with E-state index in [2.05, 4.69) is 10.3 Å². The van der Waals surface area contributed by atoms with Crippen LogP contribution in [0.25, 0.3) is 0 Å². The molecule has 10 heteroatoms. The highest BCUT2D eigenvalue weighted by Crippen LogP contribution is 2.37. The van der Waals surface area contributed by atoms with E-state index in [1.807, 2.05) is 0 Å². The lowest BCUT2D eigenvalue weighted by Gasteiger charge is -2.30. The molecule has 0 spiro atoms. The number of halogens is 5. The predicted octanol–water partition coefficient (Wildman–Crippen LogP) is 5.33. The van der Waals surface area contributed by atoms with Crippen LogP contribution in [0.15, 0.2) is 30.5 Å². The molecule has 1 N–H and O–H groups in total. The molecular weight excluding hydrogens is 462 g/mol. The number of amides is 1. The van der Waals surface area contributed by atoms with Crippen molar-refractivity contribution in [3.8, 4) is 0 Å². The lowest BCUT2D eigenvalue weighted by Crippen LogP contribution is -2.42. The van der Waals surface area contributed by atoms with Gasteiger partial charge in [0.2, 0.25) is 5.91 Å². The summed E-state index contributed by atoms with van der Waals surface area (Å²) in [6.07, 6.45) is -2.48. The SMILES string of the molecule is CN(C(=O)COC(C)(C)C)C(c1ccc(NC2Cc3ccc(Cl)c(F)c3C2)cn1)C(F)(F)F. The summed E-state index contributed by atoms with van der Waals surface area (Å²) in [5.41, 5.74) is 0.901. The third kappa shape index (κ3) is 6.14. The van der Waals surface area contributed by atoms with Crippen LogP contribution in [0, 0.1) is 5.82 Å². The number of benzene rings is 1. The van der Waals surface area contributed by atoms with Gasteiger partial charge in [0.05, 0.1) is 28.2 Å². The molecule has 2 aromatic rings. The van der Waals surface area contributed by atoms with Gasteiger partial charge in [-0.25, -0.2) is 4.39 Å². The number of aromatic nitrogens is 1. The van der Waals surface area contributed by atoms with Crippen molar-refractivity contribution >= 4 is 23.2 Å². The molecule has 1 aliphatic carbocycles. The Kier molecular flexibility index (Phi) is 7.24. The largest absolute Gasteiger partial charge is 0.414 e. The normalized spacial score (nSPS) is 16.9. The summed E-state index contributed by atoms with van der Waals surface area (Å²) in [7, 11) is 1.08. The van der Waals surface area contributed by atoms with Crippen LogP contribution in [0.3, 0.4) is 0 Å². The Balaban J connectivity index is 1.71. The smallest absolute Gasteiger partial charge is 0.380 e. The van der Waals surface area contributed by atoms with Gasteiger partial charge < -0.3 is 15.0 Å². The fraction of sp³-hybridized carbons (Fsp3) is 0.478. The second-order valence-corrected chi connectivity index (χ2v) is 9.48. The minimum absolute atomic E-state index is 0.0604. The molecule has 33 heavy (non-hydrogen) atoms. The number of nitrogens with one attached hydrogen (secondary N) is 1. The van der Waals surface area contributed by atoms with E-state index in [4.69, 9.17) is 16.3 Å². The van der Waals surface area contributed by atoms with Gasteiger partial charge in [0, 0.05) is 13.1 Å². The minimum Gasteiger partial charge on any atom is -0.380 e. The first-order valence-electron chi connectivity index (χ1n) is 10.4. The van der Waals surface area contributed by atoms with Crippen molar-refractivity contribution in [1.82, 2.24) is 9.88 Å². The number of pyridine rings is 1. The van der Waals surface area contributed by atoms with Gasteiger partial charge in [-0.2, -0.15) is 13.2 Å². The molecule has 2 atom stereocenters. The van der Waals surface area contributed by atoms with E-state index >= 15 is 0 Å². The molecule has 1 heterocycles. The van der Waals surface area contributed by atoms with Crippen LogP contribution in [-0.4, -0.2) is 47.3 Å². The fourth-order valence-electron chi connectivity index (χ4n) is 3.73. The average Bonchev–Trinajstić information content (AvgIpc) is 3.12. The Morgan fingerprint density at radius 3 is 2.52 bits per heavy atom. The van der Waals surface area contributed by atoms with E-state index in [1.165, 1.54) is 24.4 Å². The lowest BCUT2D eigenvalue weighted by atomic mass is 10.1. The van der Waals surface area contributed by atoms with Gasteiger partial charge in [0.1, 0.15) is 12.4 Å². The minimum atomic E-state index is -4.72. The first kappa shape index (κ1) is 25.2. The number of alkyl halides is 3. The zero-order valence-electron chi connectivity index (χ0n) is 18.8. The topological polar surface area (TPSA) is 54.5 Å². The standard InChI is InChI=1S/C23H26ClF4N3O2/c1-22(2,3)33-12-19(32)31(4)21(23(26,27)28)18-8-6-14(11-29-18)30-15-9-13-5-7-17(24)20(25)16(13)10-15/h5-8,11,15,21,30H,9-10,12H2,1-4H3. The van der Waals surface area contributed by atoms with Crippen LogP contribution in [0.1, 0.15) is 43.6 Å². The second-order valence-electron chi connectivity index (χ2n) is 9.07. The van der Waals surface area contributed by atoms with E-state index < -0.39 is 36.2 Å². The maximum absolute atomic E-state index is 14.2. The highest BCUT2D eigenvalue weighted by molar-refractivity contribution is 6.30. The average molecular weight is 488 g/mol. The molecule has 3 rings (SSSR count). The van der Waals surface area contributed by atoms with Crippen molar-refractivity contribution in [3.05, 3.63) is 58.1 Å². The fourth-order valence-corrected chi connectivity index (χ4v) is 3.91. The van der Waals surface area contributed by atoms with Crippen LogP contribution in [0.5, 0.6) is 0 Å². The highest BCUT2D eigenvalue weighted by Gasteiger charge is 2.46. The van der Waals surface area contributed by atoms with Crippen LogP contribution in [-0.2, 0) is 22.4 Å². The van der Waals surface area contributed by atoms with E-state index in [0.29, 0.717) is 29.0 Å². The second kappa shape index (κ2) is 9.46. The molecule has 5 nitrogen and oxygen atoms in total. The molecule has 1 aliphatic rings. The first-order valence-corrected chi connectivity index (χ1v) is 10.8. The molecule has 1 aromatic carbocycles. The monoisotopic (exact) mass is 487 g/mol. The van der Waals surface area contributed by atoms with E-state index in [0.717, 1.165) is 12.6 Å². The van der Waals surface area contributed by atoms with Crippen molar-refractivity contribution in [3.63, 3.8) is 0 Å². The van der Waals surface area contributed by atoms with Crippen LogP contribution in [0.2, 0.25) is 5.02 Å². The molecule has 0 saturated heterocycles. The number of rotatable bonds is 6. The van der Waals surface area contributed by atoms with Crippen molar-refractivity contribution in [1.29, 1.82) is 0 Å². The number of nitrogens with zero attached hydrogens (tertiary/aromatic N) is 2.